The molecule has 2 rings (SSSR count). The molecule has 0 saturated heterocycles. The van der Waals surface area contributed by atoms with E-state index in [0.29, 0.717) is 0 Å². The molecule has 0 spiro atoms. The molecule has 3 nitrogen and oxygen atoms in total. The van der Waals surface area contributed by atoms with Gasteiger partial charge in [0.25, 0.3) is 0 Å². The van der Waals surface area contributed by atoms with Gasteiger partial charge < -0.3 is 15.2 Å². The molecule has 0 aromatic heterocycles. The normalized spacial score (nSPS) is 19.5. The van der Waals surface area contributed by atoms with E-state index in [1.807, 2.05) is 12.1 Å². The van der Waals surface area contributed by atoms with E-state index in [1.54, 1.807) is 7.11 Å². The van der Waals surface area contributed by atoms with Crippen LogP contribution in [0.2, 0.25) is 0 Å². The van der Waals surface area contributed by atoms with Crippen LogP contribution in [0.25, 0.3) is 0 Å². The van der Waals surface area contributed by atoms with Gasteiger partial charge in [-0.1, -0.05) is 0 Å². The SMILES string of the molecule is COc1cc2c(cc1[NH3+])OC(C)C2. The Balaban J connectivity index is 2.44. The second-order valence-electron chi connectivity index (χ2n) is 3.40. The monoisotopic (exact) mass is 180 g/mol. The summed E-state index contributed by atoms with van der Waals surface area (Å²) in [5.41, 5.74) is 5.99. The molecule has 1 heterocycles. The van der Waals surface area contributed by atoms with Gasteiger partial charge in [-0.2, -0.15) is 0 Å². The lowest BCUT2D eigenvalue weighted by Gasteiger charge is -2.04. The zero-order chi connectivity index (χ0) is 9.42. The van der Waals surface area contributed by atoms with Gasteiger partial charge in [-0.3, -0.25) is 0 Å². The molecule has 1 aromatic carbocycles. The summed E-state index contributed by atoms with van der Waals surface area (Å²) in [4.78, 5) is 0. The third-order valence-corrected chi connectivity index (χ3v) is 2.30. The van der Waals surface area contributed by atoms with Crippen LogP contribution in [0.1, 0.15) is 12.5 Å². The van der Waals surface area contributed by atoms with Crippen molar-refractivity contribution in [1.82, 2.24) is 0 Å². The maximum atomic E-state index is 5.59. The van der Waals surface area contributed by atoms with Gasteiger partial charge in [0.15, 0.2) is 11.4 Å². The van der Waals surface area contributed by atoms with Gasteiger partial charge in [0, 0.05) is 18.1 Å². The Hall–Kier alpha value is -1.22. The van der Waals surface area contributed by atoms with Crippen LogP contribution in [0.3, 0.4) is 0 Å². The summed E-state index contributed by atoms with van der Waals surface area (Å²) in [6.45, 7) is 2.06. The minimum absolute atomic E-state index is 0.279. The molecule has 3 heteroatoms. The van der Waals surface area contributed by atoms with Gasteiger partial charge in [-0.25, -0.2) is 0 Å². The Morgan fingerprint density at radius 2 is 2.31 bits per heavy atom. The summed E-state index contributed by atoms with van der Waals surface area (Å²) in [6.07, 6.45) is 1.24. The van der Waals surface area contributed by atoms with Gasteiger partial charge in [0.05, 0.1) is 7.11 Å². The summed E-state index contributed by atoms with van der Waals surface area (Å²) < 4.78 is 10.8. The molecule has 0 saturated carbocycles. The van der Waals surface area contributed by atoms with E-state index < -0.39 is 0 Å². The van der Waals surface area contributed by atoms with Crippen molar-refractivity contribution in [3.63, 3.8) is 0 Å². The van der Waals surface area contributed by atoms with Crippen LogP contribution >= 0.6 is 0 Å². The van der Waals surface area contributed by atoms with Gasteiger partial charge in [-0.15, -0.1) is 0 Å². The van der Waals surface area contributed by atoms with Crippen molar-refractivity contribution in [2.24, 2.45) is 0 Å². The van der Waals surface area contributed by atoms with Crippen LogP contribution in [0, 0.1) is 0 Å². The van der Waals surface area contributed by atoms with Crippen molar-refractivity contribution in [2.45, 2.75) is 19.4 Å². The van der Waals surface area contributed by atoms with Crippen molar-refractivity contribution >= 4 is 5.69 Å². The van der Waals surface area contributed by atoms with Crippen molar-refractivity contribution in [1.29, 1.82) is 0 Å². The molecule has 1 atom stereocenters. The minimum Gasteiger partial charge on any atom is -0.491 e. The molecule has 1 aliphatic heterocycles. The fourth-order valence-electron chi connectivity index (χ4n) is 1.67. The molecule has 0 aliphatic carbocycles. The van der Waals surface area contributed by atoms with Crippen LogP contribution in [-0.4, -0.2) is 13.2 Å². The first-order valence-corrected chi connectivity index (χ1v) is 4.40. The maximum absolute atomic E-state index is 5.59. The number of ether oxygens (including phenoxy) is 2. The number of hydrogen-bond donors (Lipinski definition) is 1. The Labute approximate surface area is 77.5 Å². The van der Waals surface area contributed by atoms with Crippen molar-refractivity contribution < 1.29 is 15.2 Å². The van der Waals surface area contributed by atoms with E-state index in [4.69, 9.17) is 9.47 Å². The number of fused-ring (bicyclic) bond motifs is 1. The van der Waals surface area contributed by atoms with E-state index in [9.17, 15) is 0 Å². The highest BCUT2D eigenvalue weighted by Gasteiger charge is 2.21. The maximum Gasteiger partial charge on any atom is 0.180 e. The summed E-state index contributed by atoms with van der Waals surface area (Å²) in [5, 5.41) is 0. The van der Waals surface area contributed by atoms with Gasteiger partial charge >= 0.3 is 0 Å². The van der Waals surface area contributed by atoms with E-state index in [-0.39, 0.29) is 6.10 Å². The highest BCUT2D eigenvalue weighted by molar-refractivity contribution is 5.55. The molecule has 1 aromatic rings. The smallest absolute Gasteiger partial charge is 0.180 e. The molecule has 0 bridgehead atoms. The molecule has 0 amide bonds. The van der Waals surface area contributed by atoms with E-state index >= 15 is 0 Å². The predicted octanol–water partition coefficient (Wildman–Crippen LogP) is 0.892. The zero-order valence-corrected chi connectivity index (χ0v) is 7.96. The molecule has 70 valence electrons. The lowest BCUT2D eigenvalue weighted by atomic mass is 10.1. The van der Waals surface area contributed by atoms with Crippen molar-refractivity contribution in [2.75, 3.05) is 7.11 Å². The van der Waals surface area contributed by atoms with Crippen LogP contribution < -0.4 is 15.2 Å². The van der Waals surface area contributed by atoms with Crippen LogP contribution in [0.15, 0.2) is 12.1 Å². The first-order valence-electron chi connectivity index (χ1n) is 4.40. The Morgan fingerprint density at radius 1 is 1.54 bits per heavy atom. The lowest BCUT2D eigenvalue weighted by Crippen LogP contribution is -2.40. The highest BCUT2D eigenvalue weighted by Crippen LogP contribution is 2.35. The summed E-state index contributed by atoms with van der Waals surface area (Å²) in [6, 6.07) is 3.96. The second-order valence-corrected chi connectivity index (χ2v) is 3.40. The van der Waals surface area contributed by atoms with Crippen molar-refractivity contribution in [3.8, 4) is 11.5 Å². The Kier molecular flexibility index (Phi) is 1.88. The molecule has 3 N–H and O–H groups in total. The van der Waals surface area contributed by atoms with Crippen LogP contribution in [0.4, 0.5) is 5.69 Å². The molecule has 1 unspecified atom stereocenters. The summed E-state index contributed by atoms with van der Waals surface area (Å²) >= 11 is 0. The van der Waals surface area contributed by atoms with E-state index in [2.05, 4.69) is 12.7 Å². The molecule has 1 aliphatic rings. The van der Waals surface area contributed by atoms with Crippen molar-refractivity contribution in [3.05, 3.63) is 17.7 Å². The third-order valence-electron chi connectivity index (χ3n) is 2.30. The number of rotatable bonds is 1. The molecule has 0 radical (unpaired) electrons. The number of hydrogen-bond acceptors (Lipinski definition) is 2. The fourth-order valence-corrected chi connectivity index (χ4v) is 1.67. The van der Waals surface area contributed by atoms with Gasteiger partial charge in [0.1, 0.15) is 11.9 Å². The molecular formula is C10H14NO2+. The summed E-state index contributed by atoms with van der Waals surface area (Å²) in [7, 11) is 1.66. The summed E-state index contributed by atoms with van der Waals surface area (Å²) in [5.74, 6) is 1.80. The topological polar surface area (TPSA) is 46.1 Å². The number of quaternary nitrogens is 1. The lowest BCUT2D eigenvalue weighted by molar-refractivity contribution is -0.256. The first kappa shape index (κ1) is 8.38. The van der Waals surface area contributed by atoms with Gasteiger partial charge in [0.2, 0.25) is 0 Å². The van der Waals surface area contributed by atoms with Crippen LogP contribution in [0.5, 0.6) is 11.5 Å². The fraction of sp³-hybridized carbons (Fsp3) is 0.400. The van der Waals surface area contributed by atoms with E-state index in [1.165, 1.54) is 5.56 Å². The quantitative estimate of drug-likeness (QED) is 0.697. The Morgan fingerprint density at radius 3 is 3.00 bits per heavy atom. The molecule has 0 fully saturated rings. The average molecular weight is 180 g/mol. The molecule has 13 heavy (non-hydrogen) atoms. The Bertz CT molecular complexity index is 336. The standard InChI is InChI=1S/C10H13NO2/c1-6-3-7-4-10(12-2)8(11)5-9(7)13-6/h4-6H,3,11H2,1-2H3/p+1. The molecular weight excluding hydrogens is 166 g/mol. The van der Waals surface area contributed by atoms with Gasteiger partial charge in [-0.05, 0) is 13.0 Å². The third kappa shape index (κ3) is 1.35. The van der Waals surface area contributed by atoms with Crippen LogP contribution in [-0.2, 0) is 6.42 Å². The number of methoxy groups -OCH3 is 1. The highest BCUT2D eigenvalue weighted by atomic mass is 16.5. The second kappa shape index (κ2) is 2.92. The van der Waals surface area contributed by atoms with E-state index in [0.717, 1.165) is 23.6 Å². The predicted molar refractivity (Wildman–Crippen MR) is 49.3 cm³/mol. The number of benzene rings is 1. The largest absolute Gasteiger partial charge is 0.491 e. The minimum atomic E-state index is 0.279. The average Bonchev–Trinajstić information content (AvgIpc) is 2.42. The first-order chi connectivity index (χ1) is 6.20. The zero-order valence-electron chi connectivity index (χ0n) is 7.96.